The highest BCUT2D eigenvalue weighted by molar-refractivity contribution is 5.64. The summed E-state index contributed by atoms with van der Waals surface area (Å²) in [7, 11) is 0. The summed E-state index contributed by atoms with van der Waals surface area (Å²) in [6, 6.07) is 13.0. The number of H-pyrrole nitrogens is 1. The molecule has 0 radical (unpaired) electrons. The second-order valence-electron chi connectivity index (χ2n) is 5.73. The molecule has 0 amide bonds. The summed E-state index contributed by atoms with van der Waals surface area (Å²) in [5, 5.41) is 3.34. The standard InChI is InChI=1S/C19H18F3N3/c20-19(21,22)17-7-5-16(6-8-17)15-3-1-14(2-4-15)13-23-10-9-18-24-11-12-25-18/h1-8,11-12,23H,9-10,13H2,(H,24,25). The van der Waals surface area contributed by atoms with Crippen molar-refractivity contribution in [2.75, 3.05) is 6.54 Å². The zero-order valence-corrected chi connectivity index (χ0v) is 13.5. The van der Waals surface area contributed by atoms with Gasteiger partial charge in [0.1, 0.15) is 5.82 Å². The summed E-state index contributed by atoms with van der Waals surface area (Å²) < 4.78 is 37.8. The number of benzene rings is 2. The van der Waals surface area contributed by atoms with Crippen molar-refractivity contribution in [3.63, 3.8) is 0 Å². The van der Waals surface area contributed by atoms with E-state index >= 15 is 0 Å². The molecule has 0 saturated heterocycles. The molecule has 25 heavy (non-hydrogen) atoms. The highest BCUT2D eigenvalue weighted by atomic mass is 19.4. The summed E-state index contributed by atoms with van der Waals surface area (Å²) in [5.74, 6) is 0.949. The number of aromatic amines is 1. The van der Waals surface area contributed by atoms with Crippen LogP contribution in [-0.4, -0.2) is 16.5 Å². The zero-order valence-electron chi connectivity index (χ0n) is 13.5. The lowest BCUT2D eigenvalue weighted by molar-refractivity contribution is -0.137. The molecule has 2 N–H and O–H groups in total. The molecule has 2 aromatic carbocycles. The van der Waals surface area contributed by atoms with Gasteiger partial charge in [-0.2, -0.15) is 13.2 Å². The molecule has 0 atom stereocenters. The fourth-order valence-corrected chi connectivity index (χ4v) is 2.54. The second-order valence-corrected chi connectivity index (χ2v) is 5.73. The minimum atomic E-state index is -4.30. The van der Waals surface area contributed by atoms with Gasteiger partial charge in [0, 0.05) is 31.9 Å². The number of alkyl halides is 3. The first-order valence-electron chi connectivity index (χ1n) is 7.98. The first-order chi connectivity index (χ1) is 12.0. The number of hydrogen-bond acceptors (Lipinski definition) is 2. The lowest BCUT2D eigenvalue weighted by Crippen LogP contribution is -2.17. The van der Waals surface area contributed by atoms with E-state index < -0.39 is 11.7 Å². The van der Waals surface area contributed by atoms with Crippen LogP contribution in [0.15, 0.2) is 60.9 Å². The van der Waals surface area contributed by atoms with E-state index in [2.05, 4.69) is 15.3 Å². The molecule has 0 unspecified atom stereocenters. The van der Waals surface area contributed by atoms with Crippen LogP contribution in [0, 0.1) is 0 Å². The third-order valence-electron chi connectivity index (χ3n) is 3.92. The van der Waals surface area contributed by atoms with E-state index in [0.29, 0.717) is 0 Å². The molecule has 3 aromatic rings. The maximum atomic E-state index is 12.6. The van der Waals surface area contributed by atoms with Crippen LogP contribution in [0.2, 0.25) is 0 Å². The molecule has 1 heterocycles. The Hall–Kier alpha value is -2.60. The van der Waals surface area contributed by atoms with E-state index in [1.54, 1.807) is 12.4 Å². The molecular formula is C19H18F3N3. The smallest absolute Gasteiger partial charge is 0.349 e. The fraction of sp³-hybridized carbons (Fsp3) is 0.211. The van der Waals surface area contributed by atoms with E-state index in [9.17, 15) is 13.2 Å². The average Bonchev–Trinajstić information content (AvgIpc) is 3.12. The van der Waals surface area contributed by atoms with E-state index in [4.69, 9.17) is 0 Å². The van der Waals surface area contributed by atoms with Gasteiger partial charge in [-0.3, -0.25) is 0 Å². The van der Waals surface area contributed by atoms with Crippen LogP contribution in [0.1, 0.15) is 17.0 Å². The Morgan fingerprint density at radius 1 is 0.920 bits per heavy atom. The van der Waals surface area contributed by atoms with E-state index in [1.807, 2.05) is 24.3 Å². The normalized spacial score (nSPS) is 11.6. The molecule has 3 rings (SSSR count). The van der Waals surface area contributed by atoms with Gasteiger partial charge in [-0.1, -0.05) is 36.4 Å². The highest BCUT2D eigenvalue weighted by Gasteiger charge is 2.29. The predicted molar refractivity (Wildman–Crippen MR) is 90.9 cm³/mol. The number of imidazole rings is 1. The Morgan fingerprint density at radius 3 is 2.12 bits per heavy atom. The lowest BCUT2D eigenvalue weighted by atomic mass is 10.0. The molecule has 0 bridgehead atoms. The van der Waals surface area contributed by atoms with Gasteiger partial charge in [0.05, 0.1) is 5.56 Å². The molecule has 0 aliphatic rings. The number of halogens is 3. The molecule has 3 nitrogen and oxygen atoms in total. The first kappa shape index (κ1) is 17.2. The van der Waals surface area contributed by atoms with Gasteiger partial charge in [0.25, 0.3) is 0 Å². The van der Waals surface area contributed by atoms with Gasteiger partial charge in [-0.15, -0.1) is 0 Å². The van der Waals surface area contributed by atoms with Crippen LogP contribution in [0.5, 0.6) is 0 Å². The Morgan fingerprint density at radius 2 is 1.56 bits per heavy atom. The number of rotatable bonds is 6. The molecule has 0 saturated carbocycles. The van der Waals surface area contributed by atoms with Crippen LogP contribution >= 0.6 is 0 Å². The van der Waals surface area contributed by atoms with Gasteiger partial charge in [0.2, 0.25) is 0 Å². The zero-order chi connectivity index (χ0) is 17.7. The Kier molecular flexibility index (Phi) is 5.19. The minimum absolute atomic E-state index is 0.631. The maximum absolute atomic E-state index is 12.6. The van der Waals surface area contributed by atoms with Crippen molar-refractivity contribution in [3.05, 3.63) is 77.9 Å². The summed E-state index contributed by atoms with van der Waals surface area (Å²) in [6.45, 7) is 1.54. The largest absolute Gasteiger partial charge is 0.416 e. The van der Waals surface area contributed by atoms with Crippen LogP contribution in [0.3, 0.4) is 0 Å². The van der Waals surface area contributed by atoms with Gasteiger partial charge in [0.15, 0.2) is 0 Å². The van der Waals surface area contributed by atoms with Crippen molar-refractivity contribution in [1.29, 1.82) is 0 Å². The van der Waals surface area contributed by atoms with Crippen LogP contribution in [-0.2, 0) is 19.1 Å². The molecule has 0 aliphatic carbocycles. The van der Waals surface area contributed by atoms with Crippen molar-refractivity contribution < 1.29 is 13.2 Å². The topological polar surface area (TPSA) is 40.7 Å². The van der Waals surface area contributed by atoms with Gasteiger partial charge in [-0.25, -0.2) is 4.98 Å². The monoisotopic (exact) mass is 345 g/mol. The maximum Gasteiger partial charge on any atom is 0.416 e. The Bertz CT molecular complexity index is 776. The molecule has 6 heteroatoms. The van der Waals surface area contributed by atoms with Gasteiger partial charge >= 0.3 is 6.18 Å². The predicted octanol–water partition coefficient (Wildman–Crippen LogP) is 4.43. The van der Waals surface area contributed by atoms with Crippen LogP contribution in [0.4, 0.5) is 13.2 Å². The minimum Gasteiger partial charge on any atom is -0.349 e. The van der Waals surface area contributed by atoms with Gasteiger partial charge in [-0.05, 0) is 28.8 Å². The van der Waals surface area contributed by atoms with Crippen LogP contribution in [0.25, 0.3) is 11.1 Å². The van der Waals surface area contributed by atoms with Crippen molar-refractivity contribution >= 4 is 0 Å². The summed E-state index contributed by atoms with van der Waals surface area (Å²) >= 11 is 0. The molecule has 0 spiro atoms. The number of aromatic nitrogens is 2. The quantitative estimate of drug-likeness (QED) is 0.649. The third-order valence-corrected chi connectivity index (χ3v) is 3.92. The molecule has 0 aliphatic heterocycles. The first-order valence-corrected chi connectivity index (χ1v) is 7.98. The molecule has 1 aromatic heterocycles. The van der Waals surface area contributed by atoms with Crippen molar-refractivity contribution in [2.24, 2.45) is 0 Å². The molecule has 0 fully saturated rings. The van der Waals surface area contributed by atoms with Crippen molar-refractivity contribution in [2.45, 2.75) is 19.1 Å². The second kappa shape index (κ2) is 7.53. The molecular weight excluding hydrogens is 327 g/mol. The number of nitrogens with zero attached hydrogens (tertiary/aromatic N) is 1. The lowest BCUT2D eigenvalue weighted by Gasteiger charge is -2.09. The molecule has 130 valence electrons. The van der Waals surface area contributed by atoms with Crippen LogP contribution < -0.4 is 5.32 Å². The summed E-state index contributed by atoms with van der Waals surface area (Å²) in [5.41, 5.74) is 2.15. The Labute approximate surface area is 143 Å². The van der Waals surface area contributed by atoms with Crippen molar-refractivity contribution in [3.8, 4) is 11.1 Å². The SMILES string of the molecule is FC(F)(F)c1ccc(-c2ccc(CNCCc3ncc[nH]3)cc2)cc1. The summed E-state index contributed by atoms with van der Waals surface area (Å²) in [4.78, 5) is 7.21. The number of nitrogens with one attached hydrogen (secondary N) is 2. The number of hydrogen-bond donors (Lipinski definition) is 2. The van der Waals surface area contributed by atoms with E-state index in [0.717, 1.165) is 54.2 Å². The van der Waals surface area contributed by atoms with E-state index in [1.165, 1.54) is 12.1 Å². The van der Waals surface area contributed by atoms with E-state index in [-0.39, 0.29) is 0 Å². The highest BCUT2D eigenvalue weighted by Crippen LogP contribution is 2.31. The summed E-state index contributed by atoms with van der Waals surface area (Å²) in [6.07, 6.45) is 0.0605. The third kappa shape index (κ3) is 4.70. The fourth-order valence-electron chi connectivity index (χ4n) is 2.54. The Balaban J connectivity index is 1.54. The van der Waals surface area contributed by atoms with Crippen molar-refractivity contribution in [1.82, 2.24) is 15.3 Å². The van der Waals surface area contributed by atoms with Gasteiger partial charge < -0.3 is 10.3 Å². The average molecular weight is 345 g/mol.